The number of nitrogens with zero attached hydrogens (tertiary/aromatic N) is 3. The second kappa shape index (κ2) is 8.65. The molecule has 1 aliphatic carbocycles. The normalized spacial score (nSPS) is 14.2. The Hall–Kier alpha value is -3.22. The van der Waals surface area contributed by atoms with Crippen LogP contribution in [0.5, 0.6) is 5.75 Å². The van der Waals surface area contributed by atoms with Crippen LogP contribution in [0.3, 0.4) is 0 Å². The number of ether oxygens (including phenoxy) is 1. The van der Waals surface area contributed by atoms with E-state index in [1.807, 2.05) is 24.3 Å². The molecular weight excluding hydrogens is 385 g/mol. The Morgan fingerprint density at radius 1 is 1.20 bits per heavy atom. The van der Waals surface area contributed by atoms with Crippen molar-refractivity contribution in [2.45, 2.75) is 44.6 Å². The second-order valence-electron chi connectivity index (χ2n) is 7.69. The molecule has 0 bridgehead atoms. The fraction of sp³-hybridized carbons (Fsp3) is 0.348. The maximum atomic E-state index is 14.8. The molecule has 156 valence electrons. The van der Waals surface area contributed by atoms with Gasteiger partial charge in [0.2, 0.25) is 0 Å². The van der Waals surface area contributed by atoms with Crippen molar-refractivity contribution < 1.29 is 19.0 Å². The summed E-state index contributed by atoms with van der Waals surface area (Å²) in [6.45, 7) is 0.153. The van der Waals surface area contributed by atoms with Crippen LogP contribution in [-0.2, 0) is 31.3 Å². The van der Waals surface area contributed by atoms with Crippen LogP contribution in [0.1, 0.15) is 53.3 Å². The molecule has 0 saturated carbocycles. The van der Waals surface area contributed by atoms with E-state index in [2.05, 4.69) is 10.2 Å². The molecular formula is C23H24FN3O3. The quantitative estimate of drug-likeness (QED) is 0.638. The van der Waals surface area contributed by atoms with E-state index in [1.54, 1.807) is 30.1 Å². The Balaban J connectivity index is 1.48. The molecule has 7 heteroatoms. The number of carboxylic acids is 1. The van der Waals surface area contributed by atoms with E-state index in [1.165, 1.54) is 0 Å². The van der Waals surface area contributed by atoms with Crippen molar-refractivity contribution >= 4 is 5.97 Å². The van der Waals surface area contributed by atoms with Gasteiger partial charge in [-0.1, -0.05) is 24.3 Å². The van der Waals surface area contributed by atoms with Crippen LogP contribution in [0.15, 0.2) is 42.7 Å². The number of hydrogen-bond donors (Lipinski definition) is 1. The number of aliphatic carboxylic acids is 1. The highest BCUT2D eigenvalue weighted by molar-refractivity contribution is 5.68. The van der Waals surface area contributed by atoms with Crippen LogP contribution < -0.4 is 4.74 Å². The van der Waals surface area contributed by atoms with Crippen molar-refractivity contribution in [1.29, 1.82) is 0 Å². The molecule has 0 spiro atoms. The number of aromatic nitrogens is 3. The molecule has 0 aliphatic heterocycles. The molecule has 1 N–H and O–H groups in total. The maximum Gasteiger partial charge on any atom is 0.304 e. The van der Waals surface area contributed by atoms with E-state index in [0.29, 0.717) is 17.1 Å². The third-order valence-corrected chi connectivity index (χ3v) is 5.66. The van der Waals surface area contributed by atoms with Gasteiger partial charge in [0.15, 0.2) is 0 Å². The molecule has 0 fully saturated rings. The molecule has 0 amide bonds. The summed E-state index contributed by atoms with van der Waals surface area (Å²) in [5, 5.41) is 17.2. The van der Waals surface area contributed by atoms with Crippen molar-refractivity contribution in [2.75, 3.05) is 0 Å². The smallest absolute Gasteiger partial charge is 0.304 e. The van der Waals surface area contributed by atoms with Gasteiger partial charge in [0.05, 0.1) is 12.3 Å². The lowest BCUT2D eigenvalue weighted by Gasteiger charge is -2.18. The molecule has 1 atom stereocenters. The highest BCUT2D eigenvalue weighted by atomic mass is 19.1. The first-order valence-electron chi connectivity index (χ1n) is 10.1. The Morgan fingerprint density at radius 2 is 1.97 bits per heavy atom. The summed E-state index contributed by atoms with van der Waals surface area (Å²) >= 11 is 0. The van der Waals surface area contributed by atoms with Gasteiger partial charge in [-0.2, -0.15) is 0 Å². The van der Waals surface area contributed by atoms with Gasteiger partial charge in [-0.25, -0.2) is 4.39 Å². The molecule has 6 nitrogen and oxygen atoms in total. The lowest BCUT2D eigenvalue weighted by atomic mass is 9.90. The van der Waals surface area contributed by atoms with Gasteiger partial charge >= 0.3 is 5.97 Å². The van der Waals surface area contributed by atoms with Gasteiger partial charge in [0.1, 0.15) is 30.3 Å². The molecule has 1 heterocycles. The Labute approximate surface area is 174 Å². The fourth-order valence-electron chi connectivity index (χ4n) is 4.04. The molecule has 1 aliphatic rings. The summed E-state index contributed by atoms with van der Waals surface area (Å²) in [5.74, 6) is -0.286. The van der Waals surface area contributed by atoms with Crippen molar-refractivity contribution in [1.82, 2.24) is 14.8 Å². The minimum absolute atomic E-state index is 0.0902. The van der Waals surface area contributed by atoms with Crippen molar-refractivity contribution in [3.63, 3.8) is 0 Å². The van der Waals surface area contributed by atoms with Gasteiger partial charge in [-0.05, 0) is 54.5 Å². The monoisotopic (exact) mass is 409 g/mol. The van der Waals surface area contributed by atoms with Gasteiger partial charge < -0.3 is 14.4 Å². The third kappa shape index (κ3) is 4.20. The number of fused-ring (bicyclic) bond motifs is 1. The van der Waals surface area contributed by atoms with Gasteiger partial charge in [-0.3, -0.25) is 4.79 Å². The largest absolute Gasteiger partial charge is 0.489 e. The van der Waals surface area contributed by atoms with Crippen LogP contribution in [-0.4, -0.2) is 25.8 Å². The van der Waals surface area contributed by atoms with Crippen LogP contribution in [0.25, 0.3) is 0 Å². The van der Waals surface area contributed by atoms with Crippen molar-refractivity contribution in [2.24, 2.45) is 7.05 Å². The van der Waals surface area contributed by atoms with Crippen LogP contribution in [0.2, 0.25) is 0 Å². The number of benzene rings is 2. The Kier molecular flexibility index (Phi) is 5.79. The Bertz CT molecular complexity index is 1050. The highest BCUT2D eigenvalue weighted by Crippen LogP contribution is 2.29. The SMILES string of the molecule is Cn1cnnc1[C@@H](CC(=O)O)c1ccc(OCc2ccc3c(c2F)CCCC3)cc1. The lowest BCUT2D eigenvalue weighted by molar-refractivity contribution is -0.137. The second-order valence-corrected chi connectivity index (χ2v) is 7.69. The molecule has 0 unspecified atom stereocenters. The van der Waals surface area contributed by atoms with Crippen molar-refractivity contribution in [3.8, 4) is 5.75 Å². The predicted octanol–water partition coefficient (Wildman–Crippen LogP) is 4.02. The van der Waals surface area contributed by atoms with E-state index in [4.69, 9.17) is 4.74 Å². The fourth-order valence-corrected chi connectivity index (χ4v) is 4.04. The molecule has 0 saturated heterocycles. The molecule has 4 rings (SSSR count). The first-order chi connectivity index (χ1) is 14.5. The highest BCUT2D eigenvalue weighted by Gasteiger charge is 2.22. The number of carboxylic acid groups (broad SMARTS) is 1. The van der Waals surface area contributed by atoms with E-state index in [-0.39, 0.29) is 18.8 Å². The zero-order valence-electron chi connectivity index (χ0n) is 16.8. The zero-order valence-corrected chi connectivity index (χ0v) is 16.8. The molecule has 2 aromatic carbocycles. The standard InChI is InChI=1S/C23H24FN3O3/c1-27-14-25-26-23(27)20(12-21(28)29)16-8-10-18(11-9-16)30-13-17-7-6-15-4-2-3-5-19(15)22(17)24/h6-11,14,20H,2-5,12-13H2,1H3,(H,28,29)/t20-/m0/s1. The van der Waals surface area contributed by atoms with E-state index < -0.39 is 11.9 Å². The number of rotatable bonds is 7. The number of hydrogen-bond acceptors (Lipinski definition) is 4. The van der Waals surface area contributed by atoms with Gasteiger partial charge in [0, 0.05) is 12.6 Å². The number of halogens is 1. The van der Waals surface area contributed by atoms with Gasteiger partial charge in [-0.15, -0.1) is 10.2 Å². The Morgan fingerprint density at radius 3 is 2.67 bits per heavy atom. The molecule has 1 aromatic heterocycles. The summed E-state index contributed by atoms with van der Waals surface area (Å²) in [5.41, 5.74) is 3.31. The maximum absolute atomic E-state index is 14.8. The zero-order chi connectivity index (χ0) is 21.1. The van der Waals surface area contributed by atoms with Crippen LogP contribution in [0.4, 0.5) is 4.39 Å². The molecule has 3 aromatic rings. The minimum Gasteiger partial charge on any atom is -0.489 e. The van der Waals surface area contributed by atoms with E-state index in [0.717, 1.165) is 42.4 Å². The minimum atomic E-state index is -0.911. The first kappa shape index (κ1) is 20.1. The lowest BCUT2D eigenvalue weighted by Crippen LogP contribution is -2.12. The van der Waals surface area contributed by atoms with Crippen LogP contribution >= 0.6 is 0 Å². The van der Waals surface area contributed by atoms with E-state index in [9.17, 15) is 14.3 Å². The average molecular weight is 409 g/mol. The summed E-state index contributed by atoms with van der Waals surface area (Å²) in [7, 11) is 1.79. The number of aryl methyl sites for hydroxylation is 2. The third-order valence-electron chi connectivity index (χ3n) is 5.66. The number of carbonyl (C=O) groups is 1. The van der Waals surface area contributed by atoms with Crippen molar-refractivity contribution in [3.05, 3.63) is 76.6 Å². The average Bonchev–Trinajstić information content (AvgIpc) is 3.18. The van der Waals surface area contributed by atoms with Crippen LogP contribution in [0, 0.1) is 5.82 Å². The first-order valence-corrected chi connectivity index (χ1v) is 10.1. The van der Waals surface area contributed by atoms with Gasteiger partial charge in [0.25, 0.3) is 0 Å². The topological polar surface area (TPSA) is 77.2 Å². The summed E-state index contributed by atoms with van der Waals surface area (Å²) < 4.78 is 22.3. The summed E-state index contributed by atoms with van der Waals surface area (Å²) in [6.07, 6.45) is 5.33. The summed E-state index contributed by atoms with van der Waals surface area (Å²) in [4.78, 5) is 11.3. The summed E-state index contributed by atoms with van der Waals surface area (Å²) in [6, 6.07) is 11.0. The van der Waals surface area contributed by atoms with E-state index >= 15 is 0 Å². The predicted molar refractivity (Wildman–Crippen MR) is 109 cm³/mol. The molecule has 30 heavy (non-hydrogen) atoms. The molecule has 0 radical (unpaired) electrons.